The first-order valence-electron chi connectivity index (χ1n) is 5.99. The predicted molar refractivity (Wildman–Crippen MR) is 77.9 cm³/mol. The number of nitrogen functional groups attached to an aromatic ring is 1. The molecule has 6 nitrogen and oxygen atoms in total. The minimum absolute atomic E-state index is 0.0271. The molecule has 0 spiro atoms. The van der Waals surface area contributed by atoms with Gasteiger partial charge in [-0.05, 0) is 31.0 Å². The van der Waals surface area contributed by atoms with E-state index in [-0.39, 0.29) is 22.9 Å². The molecule has 112 valence electrons. The number of halogens is 1. The second-order valence-corrected chi connectivity index (χ2v) is 9.24. The SMILES string of the molecule is Nc1cc(Cl)ccc1S(=O)(=O)NCC1CCCS1(=O)=O. The summed E-state index contributed by atoms with van der Waals surface area (Å²) in [6, 6.07) is 4.05. The van der Waals surface area contributed by atoms with Gasteiger partial charge in [0.05, 0.1) is 16.7 Å². The van der Waals surface area contributed by atoms with Crippen LogP contribution in [0.3, 0.4) is 0 Å². The molecule has 2 rings (SSSR count). The van der Waals surface area contributed by atoms with Gasteiger partial charge < -0.3 is 5.73 Å². The first kappa shape index (κ1) is 15.6. The molecule has 1 aromatic carbocycles. The molecule has 0 amide bonds. The van der Waals surface area contributed by atoms with Gasteiger partial charge in [0, 0.05) is 11.6 Å². The van der Waals surface area contributed by atoms with Crippen LogP contribution in [0, 0.1) is 0 Å². The summed E-state index contributed by atoms with van der Waals surface area (Å²) in [7, 11) is -7.03. The van der Waals surface area contributed by atoms with Crippen molar-refractivity contribution in [1.82, 2.24) is 4.72 Å². The Bertz CT molecular complexity index is 716. The van der Waals surface area contributed by atoms with Crippen molar-refractivity contribution in [3.63, 3.8) is 0 Å². The molecule has 0 saturated carbocycles. The van der Waals surface area contributed by atoms with E-state index in [1.165, 1.54) is 18.2 Å². The first-order valence-corrected chi connectivity index (χ1v) is 9.56. The van der Waals surface area contributed by atoms with E-state index >= 15 is 0 Å². The average molecular weight is 339 g/mol. The van der Waals surface area contributed by atoms with Crippen LogP contribution < -0.4 is 10.5 Å². The van der Waals surface area contributed by atoms with Crippen LogP contribution in [0.4, 0.5) is 5.69 Å². The third-order valence-corrected chi connectivity index (χ3v) is 7.23. The molecule has 1 fully saturated rings. The van der Waals surface area contributed by atoms with Crippen molar-refractivity contribution >= 4 is 37.1 Å². The van der Waals surface area contributed by atoms with Gasteiger partial charge in [-0.3, -0.25) is 0 Å². The van der Waals surface area contributed by atoms with E-state index in [0.717, 1.165) is 0 Å². The van der Waals surface area contributed by atoms with Gasteiger partial charge in [0.15, 0.2) is 9.84 Å². The average Bonchev–Trinajstić information content (AvgIpc) is 2.65. The number of sulfone groups is 1. The van der Waals surface area contributed by atoms with Crippen molar-refractivity contribution in [3.05, 3.63) is 23.2 Å². The highest BCUT2D eigenvalue weighted by molar-refractivity contribution is 7.92. The maximum absolute atomic E-state index is 12.1. The molecule has 1 aliphatic rings. The lowest BCUT2D eigenvalue weighted by molar-refractivity contribution is 0.571. The van der Waals surface area contributed by atoms with Gasteiger partial charge >= 0.3 is 0 Å². The van der Waals surface area contributed by atoms with Crippen LogP contribution in [0.1, 0.15) is 12.8 Å². The summed E-state index contributed by atoms with van der Waals surface area (Å²) in [4.78, 5) is -0.0997. The molecule has 1 saturated heterocycles. The Hall–Kier alpha value is -0.830. The predicted octanol–water partition coefficient (Wildman–Crippen LogP) is 0.778. The summed E-state index contributed by atoms with van der Waals surface area (Å²) in [5.74, 6) is 0.114. The summed E-state index contributed by atoms with van der Waals surface area (Å²) >= 11 is 5.71. The van der Waals surface area contributed by atoms with Crippen LogP contribution in [0.2, 0.25) is 5.02 Å². The number of nitrogens with two attached hydrogens (primary N) is 1. The second-order valence-electron chi connectivity index (χ2n) is 4.67. The van der Waals surface area contributed by atoms with Gasteiger partial charge in [-0.15, -0.1) is 0 Å². The normalized spacial score (nSPS) is 21.9. The summed E-state index contributed by atoms with van der Waals surface area (Å²) < 4.78 is 49.8. The van der Waals surface area contributed by atoms with Crippen molar-refractivity contribution in [2.24, 2.45) is 0 Å². The maximum atomic E-state index is 12.1. The minimum atomic E-state index is -3.84. The highest BCUT2D eigenvalue weighted by atomic mass is 35.5. The second kappa shape index (κ2) is 5.51. The van der Waals surface area contributed by atoms with Crippen LogP contribution in [0.25, 0.3) is 0 Å². The van der Waals surface area contributed by atoms with Crippen molar-refractivity contribution in [1.29, 1.82) is 0 Å². The molecule has 1 heterocycles. The Morgan fingerprint density at radius 3 is 2.65 bits per heavy atom. The Morgan fingerprint density at radius 2 is 2.10 bits per heavy atom. The summed E-state index contributed by atoms with van der Waals surface area (Å²) in [6.45, 7) is -0.132. The van der Waals surface area contributed by atoms with E-state index in [1.54, 1.807) is 0 Å². The van der Waals surface area contributed by atoms with Gasteiger partial charge in [0.2, 0.25) is 10.0 Å². The molecular weight excluding hydrogens is 324 g/mol. The maximum Gasteiger partial charge on any atom is 0.242 e. The summed E-state index contributed by atoms with van der Waals surface area (Å²) in [5, 5.41) is -0.328. The molecule has 1 aliphatic heterocycles. The molecule has 0 aliphatic carbocycles. The number of benzene rings is 1. The highest BCUT2D eigenvalue weighted by Crippen LogP contribution is 2.23. The van der Waals surface area contributed by atoms with Crippen molar-refractivity contribution < 1.29 is 16.8 Å². The number of sulfonamides is 1. The number of nitrogens with one attached hydrogen (secondary N) is 1. The lowest BCUT2D eigenvalue weighted by atomic mass is 10.2. The van der Waals surface area contributed by atoms with Gasteiger partial charge in [-0.25, -0.2) is 21.6 Å². The van der Waals surface area contributed by atoms with E-state index in [9.17, 15) is 16.8 Å². The zero-order valence-electron chi connectivity index (χ0n) is 10.5. The molecule has 0 aromatic heterocycles. The number of hydrogen-bond acceptors (Lipinski definition) is 5. The topological polar surface area (TPSA) is 106 Å². The van der Waals surface area contributed by atoms with Crippen molar-refractivity contribution in [2.75, 3.05) is 18.0 Å². The molecule has 0 radical (unpaired) electrons. The van der Waals surface area contributed by atoms with E-state index in [4.69, 9.17) is 17.3 Å². The van der Waals surface area contributed by atoms with Crippen molar-refractivity contribution in [3.8, 4) is 0 Å². The Balaban J connectivity index is 2.16. The van der Waals surface area contributed by atoms with E-state index in [2.05, 4.69) is 4.72 Å². The van der Waals surface area contributed by atoms with Crippen LogP contribution in [0.15, 0.2) is 23.1 Å². The fraction of sp³-hybridized carbons (Fsp3) is 0.455. The number of rotatable bonds is 4. The summed E-state index contributed by atoms with van der Waals surface area (Å²) in [6.07, 6.45) is 1.04. The molecular formula is C11H15ClN2O4S2. The first-order chi connectivity index (χ1) is 9.22. The Labute approximate surface area is 123 Å². The largest absolute Gasteiger partial charge is 0.398 e. The smallest absolute Gasteiger partial charge is 0.242 e. The molecule has 0 bridgehead atoms. The third kappa shape index (κ3) is 3.25. The quantitative estimate of drug-likeness (QED) is 0.789. The molecule has 1 aromatic rings. The number of hydrogen-bond donors (Lipinski definition) is 2. The van der Waals surface area contributed by atoms with E-state index < -0.39 is 25.1 Å². The van der Waals surface area contributed by atoms with Crippen molar-refractivity contribution in [2.45, 2.75) is 23.0 Å². The molecule has 1 atom stereocenters. The van der Waals surface area contributed by atoms with Gasteiger partial charge in [0.1, 0.15) is 4.90 Å². The molecule has 1 unspecified atom stereocenters. The summed E-state index contributed by atoms with van der Waals surface area (Å²) in [5.41, 5.74) is 5.65. The van der Waals surface area contributed by atoms with Crippen LogP contribution in [-0.4, -0.2) is 34.4 Å². The standard InChI is InChI=1S/C11H15ClN2O4S2/c12-8-3-4-11(10(13)6-8)20(17,18)14-7-9-2-1-5-19(9,15)16/h3-4,6,9,14H,1-2,5,7,13H2. The lowest BCUT2D eigenvalue weighted by Crippen LogP contribution is -2.34. The van der Waals surface area contributed by atoms with Crippen LogP contribution in [0.5, 0.6) is 0 Å². The zero-order chi connectivity index (χ0) is 15.0. The fourth-order valence-electron chi connectivity index (χ4n) is 2.13. The number of anilines is 1. The Kier molecular flexibility index (Phi) is 4.29. The molecule has 20 heavy (non-hydrogen) atoms. The fourth-order valence-corrected chi connectivity index (χ4v) is 5.38. The van der Waals surface area contributed by atoms with E-state index in [1.807, 2.05) is 0 Å². The zero-order valence-corrected chi connectivity index (χ0v) is 12.9. The van der Waals surface area contributed by atoms with Gasteiger partial charge in [-0.1, -0.05) is 11.6 Å². The van der Waals surface area contributed by atoms with E-state index in [0.29, 0.717) is 17.9 Å². The molecule has 9 heteroatoms. The third-order valence-electron chi connectivity index (χ3n) is 3.23. The Morgan fingerprint density at radius 1 is 1.40 bits per heavy atom. The highest BCUT2D eigenvalue weighted by Gasteiger charge is 2.32. The monoisotopic (exact) mass is 338 g/mol. The van der Waals surface area contributed by atoms with Crippen LogP contribution >= 0.6 is 11.6 Å². The molecule has 3 N–H and O–H groups in total. The van der Waals surface area contributed by atoms with Gasteiger partial charge in [0.25, 0.3) is 0 Å². The van der Waals surface area contributed by atoms with Crippen LogP contribution in [-0.2, 0) is 19.9 Å². The minimum Gasteiger partial charge on any atom is -0.398 e. The lowest BCUT2D eigenvalue weighted by Gasteiger charge is -2.12. The van der Waals surface area contributed by atoms with Gasteiger partial charge in [-0.2, -0.15) is 0 Å².